The molecule has 2 N–H and O–H groups in total. The van der Waals surface area contributed by atoms with E-state index in [4.69, 9.17) is 34.3 Å². The average molecular weight is 298 g/mol. The lowest BCUT2D eigenvalue weighted by Gasteiger charge is -2.34. The minimum Gasteiger partial charge on any atom is -0.489 e. The van der Waals surface area contributed by atoms with E-state index in [2.05, 4.69) is 13.8 Å². The van der Waals surface area contributed by atoms with Crippen LogP contribution in [0.5, 0.6) is 5.75 Å². The minimum atomic E-state index is 0.265. The van der Waals surface area contributed by atoms with Gasteiger partial charge in [0, 0.05) is 5.56 Å². The van der Waals surface area contributed by atoms with E-state index in [1.165, 1.54) is 12.8 Å². The van der Waals surface area contributed by atoms with E-state index in [-0.39, 0.29) is 6.10 Å². The predicted octanol–water partition coefficient (Wildman–Crippen LogP) is 4.32. The Balaban J connectivity index is 2.02. The highest BCUT2D eigenvalue weighted by Crippen LogP contribution is 2.37. The highest BCUT2D eigenvalue weighted by Gasteiger charge is 2.28. The van der Waals surface area contributed by atoms with E-state index >= 15 is 0 Å². The summed E-state index contributed by atoms with van der Waals surface area (Å²) in [4.78, 5) is 0.355. The van der Waals surface area contributed by atoms with E-state index in [1.54, 1.807) is 6.07 Å². The highest BCUT2D eigenvalue weighted by atomic mass is 35.5. The molecule has 0 radical (unpaired) electrons. The number of benzene rings is 1. The van der Waals surface area contributed by atoms with Crippen molar-refractivity contribution in [3.8, 4) is 5.75 Å². The number of nitrogens with two attached hydrogens (primary N) is 1. The highest BCUT2D eigenvalue weighted by molar-refractivity contribution is 7.80. The van der Waals surface area contributed by atoms with E-state index in [0.717, 1.165) is 24.2 Å². The van der Waals surface area contributed by atoms with Crippen molar-refractivity contribution in [3.63, 3.8) is 0 Å². The Bertz CT molecular complexity index is 477. The molecule has 0 saturated heterocycles. The van der Waals surface area contributed by atoms with Crippen molar-refractivity contribution in [2.24, 2.45) is 11.1 Å². The number of hydrogen-bond donors (Lipinski definition) is 1. The van der Waals surface area contributed by atoms with Crippen LogP contribution in [0.25, 0.3) is 0 Å². The first-order chi connectivity index (χ1) is 8.87. The zero-order chi connectivity index (χ0) is 14.0. The number of rotatable bonds is 3. The van der Waals surface area contributed by atoms with Gasteiger partial charge in [-0.3, -0.25) is 0 Å². The maximum Gasteiger partial charge on any atom is 0.138 e. The Morgan fingerprint density at radius 1 is 1.37 bits per heavy atom. The molecule has 0 bridgehead atoms. The molecule has 1 aliphatic carbocycles. The van der Waals surface area contributed by atoms with Gasteiger partial charge >= 0.3 is 0 Å². The number of thiocarbonyl (C=S) groups is 1. The van der Waals surface area contributed by atoms with Gasteiger partial charge in [0.25, 0.3) is 0 Å². The fourth-order valence-electron chi connectivity index (χ4n) is 2.42. The van der Waals surface area contributed by atoms with E-state index in [9.17, 15) is 0 Å². The third-order valence-electron chi connectivity index (χ3n) is 3.80. The lowest BCUT2D eigenvalue weighted by atomic mass is 9.76. The molecule has 1 aromatic carbocycles. The zero-order valence-electron chi connectivity index (χ0n) is 11.4. The van der Waals surface area contributed by atoms with Gasteiger partial charge in [0.05, 0.1) is 11.1 Å². The maximum absolute atomic E-state index is 6.21. The van der Waals surface area contributed by atoms with Crippen LogP contribution in [0, 0.1) is 5.41 Å². The molecule has 0 heterocycles. The lowest BCUT2D eigenvalue weighted by Crippen LogP contribution is -2.28. The van der Waals surface area contributed by atoms with Gasteiger partial charge in [-0.1, -0.05) is 37.7 Å². The van der Waals surface area contributed by atoms with Crippen molar-refractivity contribution >= 4 is 28.8 Å². The number of ether oxygens (including phenoxy) is 1. The van der Waals surface area contributed by atoms with Gasteiger partial charge in [0.15, 0.2) is 0 Å². The van der Waals surface area contributed by atoms with Crippen molar-refractivity contribution in [2.75, 3.05) is 0 Å². The predicted molar refractivity (Wildman–Crippen MR) is 84.0 cm³/mol. The Labute approximate surface area is 125 Å². The van der Waals surface area contributed by atoms with Crippen LogP contribution in [0.15, 0.2) is 18.2 Å². The Kier molecular flexibility index (Phi) is 4.36. The summed E-state index contributed by atoms with van der Waals surface area (Å²) in [5, 5.41) is 0.579. The van der Waals surface area contributed by atoms with Gasteiger partial charge in [-0.15, -0.1) is 0 Å². The maximum atomic E-state index is 6.21. The van der Waals surface area contributed by atoms with E-state index < -0.39 is 0 Å². The summed E-state index contributed by atoms with van der Waals surface area (Å²) < 4.78 is 6.00. The van der Waals surface area contributed by atoms with Gasteiger partial charge in [0.2, 0.25) is 0 Å². The van der Waals surface area contributed by atoms with Gasteiger partial charge in [-0.05, 0) is 49.3 Å². The summed E-state index contributed by atoms with van der Waals surface area (Å²) in [5.74, 6) is 0.728. The van der Waals surface area contributed by atoms with Crippen molar-refractivity contribution in [3.05, 3.63) is 28.8 Å². The summed E-state index contributed by atoms with van der Waals surface area (Å²) in [5.41, 5.74) is 6.80. The van der Waals surface area contributed by atoms with Gasteiger partial charge in [-0.25, -0.2) is 0 Å². The van der Waals surface area contributed by atoms with Crippen LogP contribution >= 0.6 is 23.8 Å². The SMILES string of the molecule is CC1(C)CCC(Oc2ccc(C(N)=S)cc2Cl)CC1. The van der Waals surface area contributed by atoms with Crippen molar-refractivity contribution in [1.29, 1.82) is 0 Å². The molecule has 0 aromatic heterocycles. The molecule has 2 rings (SSSR count). The summed E-state index contributed by atoms with van der Waals surface area (Å²) in [7, 11) is 0. The first-order valence-corrected chi connectivity index (χ1v) is 7.42. The third-order valence-corrected chi connectivity index (χ3v) is 4.33. The first-order valence-electron chi connectivity index (χ1n) is 6.63. The quantitative estimate of drug-likeness (QED) is 0.844. The van der Waals surface area contributed by atoms with Gasteiger partial charge in [0.1, 0.15) is 10.7 Å². The molecule has 0 atom stereocenters. The molecular formula is C15H20ClNOS. The van der Waals surface area contributed by atoms with Gasteiger partial charge in [-0.2, -0.15) is 0 Å². The zero-order valence-corrected chi connectivity index (χ0v) is 13.0. The molecular weight excluding hydrogens is 278 g/mol. The lowest BCUT2D eigenvalue weighted by molar-refractivity contribution is 0.0988. The molecule has 19 heavy (non-hydrogen) atoms. The molecule has 4 heteroatoms. The van der Waals surface area contributed by atoms with E-state index in [0.29, 0.717) is 15.4 Å². The summed E-state index contributed by atoms with van der Waals surface area (Å²) in [6.07, 6.45) is 4.82. The fraction of sp³-hybridized carbons (Fsp3) is 0.533. The number of halogens is 1. The topological polar surface area (TPSA) is 35.2 Å². The molecule has 0 unspecified atom stereocenters. The molecule has 0 aliphatic heterocycles. The first kappa shape index (κ1) is 14.6. The average Bonchev–Trinajstić information content (AvgIpc) is 2.34. The third kappa shape index (κ3) is 3.83. The van der Waals surface area contributed by atoms with Crippen molar-refractivity contribution in [1.82, 2.24) is 0 Å². The smallest absolute Gasteiger partial charge is 0.138 e. The largest absolute Gasteiger partial charge is 0.489 e. The van der Waals surface area contributed by atoms with Crippen molar-refractivity contribution in [2.45, 2.75) is 45.6 Å². The Morgan fingerprint density at radius 2 is 2.00 bits per heavy atom. The van der Waals surface area contributed by atoms with Crippen LogP contribution in [0.4, 0.5) is 0 Å². The molecule has 1 fully saturated rings. The van der Waals surface area contributed by atoms with Crippen LogP contribution in [0.1, 0.15) is 45.1 Å². The standard InChI is InChI=1S/C15H20ClNOS/c1-15(2)7-5-11(6-8-15)18-13-4-3-10(14(17)19)9-12(13)16/h3-4,9,11H,5-8H2,1-2H3,(H2,17,19). The van der Waals surface area contributed by atoms with Crippen LogP contribution in [-0.2, 0) is 0 Å². The Morgan fingerprint density at radius 3 is 2.53 bits per heavy atom. The summed E-state index contributed by atoms with van der Waals surface area (Å²) in [6, 6.07) is 5.48. The number of hydrogen-bond acceptors (Lipinski definition) is 2. The monoisotopic (exact) mass is 297 g/mol. The van der Waals surface area contributed by atoms with Crippen LogP contribution in [0.3, 0.4) is 0 Å². The molecule has 0 amide bonds. The summed E-state index contributed by atoms with van der Waals surface area (Å²) >= 11 is 11.1. The minimum absolute atomic E-state index is 0.265. The molecule has 0 spiro atoms. The molecule has 1 aromatic rings. The van der Waals surface area contributed by atoms with E-state index in [1.807, 2.05) is 12.1 Å². The normalized spacial score (nSPS) is 19.1. The van der Waals surface area contributed by atoms with Crippen LogP contribution in [0.2, 0.25) is 5.02 Å². The van der Waals surface area contributed by atoms with Crippen LogP contribution in [-0.4, -0.2) is 11.1 Å². The second-order valence-electron chi connectivity index (χ2n) is 5.99. The molecule has 1 saturated carbocycles. The molecule has 104 valence electrons. The molecule has 2 nitrogen and oxygen atoms in total. The summed E-state index contributed by atoms with van der Waals surface area (Å²) in [6.45, 7) is 4.63. The van der Waals surface area contributed by atoms with Gasteiger partial charge < -0.3 is 10.5 Å². The molecule has 1 aliphatic rings. The second-order valence-corrected chi connectivity index (χ2v) is 6.84. The fourth-order valence-corrected chi connectivity index (χ4v) is 2.77. The van der Waals surface area contributed by atoms with Crippen molar-refractivity contribution < 1.29 is 4.74 Å². The Hall–Kier alpha value is -0.800. The van der Waals surface area contributed by atoms with Crippen LogP contribution < -0.4 is 10.5 Å². The second kappa shape index (κ2) is 5.68.